The van der Waals surface area contributed by atoms with Crippen LogP contribution in [0.4, 0.5) is 5.95 Å². The number of hydrogen-bond acceptors (Lipinski definition) is 10. The van der Waals surface area contributed by atoms with E-state index in [0.717, 1.165) is 5.56 Å². The van der Waals surface area contributed by atoms with Crippen molar-refractivity contribution in [3.8, 4) is 28.7 Å². The topological polar surface area (TPSA) is 143 Å². The van der Waals surface area contributed by atoms with Crippen molar-refractivity contribution in [2.24, 2.45) is 0 Å². The van der Waals surface area contributed by atoms with E-state index in [9.17, 15) is 8.42 Å². The van der Waals surface area contributed by atoms with Gasteiger partial charge < -0.3 is 14.2 Å². The number of rotatable bonds is 10. The number of pyridine rings is 1. The summed E-state index contributed by atoms with van der Waals surface area (Å²) in [4.78, 5) is 12.8. The highest BCUT2D eigenvalue weighted by Crippen LogP contribution is 2.36. The van der Waals surface area contributed by atoms with Gasteiger partial charge in [-0.05, 0) is 19.4 Å². The molecule has 0 amide bonds. The summed E-state index contributed by atoms with van der Waals surface area (Å²) in [6.45, 7) is 3.34. The van der Waals surface area contributed by atoms with Gasteiger partial charge in [0.25, 0.3) is 0 Å². The lowest BCUT2D eigenvalue weighted by molar-refractivity contribution is 0.0949. The highest BCUT2D eigenvalue weighted by molar-refractivity contribution is 7.93. The average molecular weight is 526 g/mol. The van der Waals surface area contributed by atoms with Crippen LogP contribution in [0.1, 0.15) is 24.4 Å². The molecule has 3 heterocycles. The molecule has 4 aromatic rings. The van der Waals surface area contributed by atoms with Gasteiger partial charge in [-0.15, -0.1) is 10.2 Å². The first-order chi connectivity index (χ1) is 17.8. The number of nitrogens with one attached hydrogen (secondary N) is 1. The number of sulfonamides is 1. The fourth-order valence-corrected chi connectivity index (χ4v) is 4.84. The van der Waals surface area contributed by atoms with Crippen LogP contribution >= 0.6 is 0 Å². The van der Waals surface area contributed by atoms with Crippen molar-refractivity contribution in [1.82, 2.24) is 29.7 Å². The van der Waals surface area contributed by atoms with Crippen LogP contribution in [-0.2, 0) is 14.8 Å². The molecule has 1 N–H and O–H groups in total. The van der Waals surface area contributed by atoms with E-state index in [1.165, 1.54) is 39.0 Å². The van der Waals surface area contributed by atoms with Crippen LogP contribution in [0.3, 0.4) is 0 Å². The number of anilines is 1. The number of methoxy groups -OCH3 is 3. The molecule has 0 aliphatic carbocycles. The predicted molar refractivity (Wildman–Crippen MR) is 136 cm³/mol. The van der Waals surface area contributed by atoms with Crippen LogP contribution < -0.4 is 14.2 Å². The summed E-state index contributed by atoms with van der Waals surface area (Å²) in [5, 5.41) is 7.36. The van der Waals surface area contributed by atoms with Gasteiger partial charge in [-0.25, -0.2) is 23.4 Å². The first-order valence-electron chi connectivity index (χ1n) is 11.2. The third-order valence-corrected chi connectivity index (χ3v) is 7.34. The van der Waals surface area contributed by atoms with Crippen LogP contribution in [0, 0.1) is 6.92 Å². The highest BCUT2D eigenvalue weighted by atomic mass is 32.2. The predicted octanol–water partition coefficient (Wildman–Crippen LogP) is 2.96. The molecule has 0 bridgehead atoms. The van der Waals surface area contributed by atoms with Crippen molar-refractivity contribution < 1.29 is 22.6 Å². The molecule has 0 spiro atoms. The molecule has 0 aliphatic rings. The zero-order valence-corrected chi connectivity index (χ0v) is 21.8. The quantitative estimate of drug-likeness (QED) is 0.328. The Bertz CT molecular complexity index is 1440. The Labute approximate surface area is 214 Å². The molecular weight excluding hydrogens is 498 g/mol. The second kappa shape index (κ2) is 10.9. The summed E-state index contributed by atoms with van der Waals surface area (Å²) in [7, 11) is 0.243. The smallest absolute Gasteiger partial charge is 0.243 e. The van der Waals surface area contributed by atoms with E-state index in [2.05, 4.69) is 29.9 Å². The summed E-state index contributed by atoms with van der Waals surface area (Å²) in [5.41, 5.74) is 1.85. The van der Waals surface area contributed by atoms with Crippen molar-refractivity contribution in [2.45, 2.75) is 25.2 Å². The minimum Gasteiger partial charge on any atom is -0.494 e. The summed E-state index contributed by atoms with van der Waals surface area (Å²) >= 11 is 0. The largest absolute Gasteiger partial charge is 0.494 e. The van der Waals surface area contributed by atoms with Gasteiger partial charge in [-0.2, -0.15) is 0 Å². The molecule has 2 atom stereocenters. The summed E-state index contributed by atoms with van der Waals surface area (Å²) in [6, 6.07) is 10.8. The molecule has 0 saturated heterocycles. The molecule has 0 fully saturated rings. The minimum absolute atomic E-state index is 0.0880. The van der Waals surface area contributed by atoms with Gasteiger partial charge >= 0.3 is 0 Å². The van der Waals surface area contributed by atoms with Crippen molar-refractivity contribution in [2.75, 3.05) is 26.1 Å². The summed E-state index contributed by atoms with van der Waals surface area (Å²) in [6.07, 6.45) is 3.78. The molecule has 3 aromatic heterocycles. The summed E-state index contributed by atoms with van der Waals surface area (Å²) in [5.74, 6) is 1.07. The minimum atomic E-state index is -4.10. The second-order valence-corrected chi connectivity index (χ2v) is 10.1. The zero-order valence-electron chi connectivity index (χ0n) is 21.0. The number of hydrogen-bond donors (Lipinski definition) is 1. The Morgan fingerprint density at radius 3 is 2.27 bits per heavy atom. The van der Waals surface area contributed by atoms with Crippen LogP contribution in [-0.4, -0.2) is 64.7 Å². The standard InChI is InChI=1S/C24H27N7O5S/c1-15-13-26-21(27-14-15)20(35-4)16(2)37(32,33)30-24-29-28-22(17-9-7-6-8-10-17)31(24)19-18(34-3)11-12-25-23(19)36-5/h6-14,16,20H,1-5H3,(H,29,30). The fraction of sp³-hybridized carbons (Fsp3) is 0.292. The Kier molecular flexibility index (Phi) is 7.64. The lowest BCUT2D eigenvalue weighted by Gasteiger charge is -2.22. The molecule has 0 saturated carbocycles. The summed E-state index contributed by atoms with van der Waals surface area (Å²) < 4.78 is 47.7. The Morgan fingerprint density at radius 1 is 0.946 bits per heavy atom. The van der Waals surface area contributed by atoms with Crippen molar-refractivity contribution >= 4 is 16.0 Å². The molecule has 1 aromatic carbocycles. The molecule has 2 unspecified atom stereocenters. The monoisotopic (exact) mass is 525 g/mol. The SMILES string of the molecule is COc1ccnc(OC)c1-n1c(NS(=O)(=O)C(C)C(OC)c2ncc(C)cn2)nnc1-c1ccccc1. The van der Waals surface area contributed by atoms with E-state index in [-0.39, 0.29) is 17.7 Å². The maximum absolute atomic E-state index is 13.6. The zero-order chi connectivity index (χ0) is 26.6. The molecule has 0 radical (unpaired) electrons. The highest BCUT2D eigenvalue weighted by Gasteiger charge is 2.35. The number of aromatic nitrogens is 6. The third-order valence-electron chi connectivity index (χ3n) is 5.64. The molecule has 4 rings (SSSR count). The molecule has 0 aliphatic heterocycles. The van der Waals surface area contributed by atoms with Crippen molar-refractivity contribution in [3.05, 3.63) is 66.4 Å². The molecule has 37 heavy (non-hydrogen) atoms. The molecular formula is C24H27N7O5S. The maximum atomic E-state index is 13.6. The lowest BCUT2D eigenvalue weighted by atomic mass is 10.2. The Balaban J connectivity index is 1.83. The van der Waals surface area contributed by atoms with Gasteiger partial charge in [0.05, 0.1) is 14.2 Å². The van der Waals surface area contributed by atoms with Gasteiger partial charge in [0, 0.05) is 37.3 Å². The van der Waals surface area contributed by atoms with Gasteiger partial charge in [0.1, 0.15) is 17.1 Å². The lowest BCUT2D eigenvalue weighted by Crippen LogP contribution is -2.33. The first kappa shape index (κ1) is 26.0. The fourth-order valence-electron chi connectivity index (χ4n) is 3.71. The van der Waals surface area contributed by atoms with Gasteiger partial charge in [-0.1, -0.05) is 30.3 Å². The molecule has 13 heteroatoms. The van der Waals surface area contributed by atoms with Gasteiger partial charge in [0.2, 0.25) is 21.9 Å². The van der Waals surface area contributed by atoms with E-state index in [0.29, 0.717) is 22.8 Å². The van der Waals surface area contributed by atoms with E-state index < -0.39 is 21.4 Å². The maximum Gasteiger partial charge on any atom is 0.243 e. The normalized spacial score (nSPS) is 13.1. The van der Waals surface area contributed by atoms with Gasteiger partial charge in [0.15, 0.2) is 17.3 Å². The van der Waals surface area contributed by atoms with Crippen molar-refractivity contribution in [1.29, 1.82) is 0 Å². The number of aryl methyl sites for hydroxylation is 1. The Hall–Kier alpha value is -4.10. The van der Waals surface area contributed by atoms with Crippen LogP contribution in [0.5, 0.6) is 11.6 Å². The van der Waals surface area contributed by atoms with E-state index in [4.69, 9.17) is 14.2 Å². The van der Waals surface area contributed by atoms with Gasteiger partial charge in [-0.3, -0.25) is 9.29 Å². The van der Waals surface area contributed by atoms with Crippen LogP contribution in [0.2, 0.25) is 0 Å². The number of ether oxygens (including phenoxy) is 3. The molecule has 12 nitrogen and oxygen atoms in total. The third kappa shape index (κ3) is 5.22. The number of nitrogens with zero attached hydrogens (tertiary/aromatic N) is 6. The van der Waals surface area contributed by atoms with E-state index >= 15 is 0 Å². The van der Waals surface area contributed by atoms with E-state index in [1.54, 1.807) is 18.5 Å². The average Bonchev–Trinajstić information content (AvgIpc) is 3.32. The van der Waals surface area contributed by atoms with Crippen LogP contribution in [0.25, 0.3) is 17.1 Å². The Morgan fingerprint density at radius 2 is 1.65 bits per heavy atom. The number of benzene rings is 1. The second-order valence-electron chi connectivity index (χ2n) is 8.05. The van der Waals surface area contributed by atoms with E-state index in [1.807, 2.05) is 37.3 Å². The molecule has 194 valence electrons. The first-order valence-corrected chi connectivity index (χ1v) is 12.8. The van der Waals surface area contributed by atoms with Crippen LogP contribution in [0.15, 0.2) is 55.0 Å². The van der Waals surface area contributed by atoms with Crippen molar-refractivity contribution in [3.63, 3.8) is 0 Å².